The molecule has 0 bridgehead atoms. The molecule has 3 heterocycles. The molecule has 4 rings (SSSR count). The highest BCUT2D eigenvalue weighted by molar-refractivity contribution is 7.89. The summed E-state index contributed by atoms with van der Waals surface area (Å²) in [6.07, 6.45) is 1.32. The normalized spacial score (nSPS) is 18.7. The Kier molecular flexibility index (Phi) is 5.93. The van der Waals surface area contributed by atoms with Gasteiger partial charge in [0, 0.05) is 38.2 Å². The van der Waals surface area contributed by atoms with Crippen LogP contribution in [-0.4, -0.2) is 67.1 Å². The summed E-state index contributed by atoms with van der Waals surface area (Å²) in [5.74, 6) is 1.34. The van der Waals surface area contributed by atoms with E-state index in [9.17, 15) is 13.2 Å². The monoisotopic (exact) mass is 463 g/mol. The second kappa shape index (κ2) is 8.40. The number of rotatable bonds is 5. The zero-order valence-electron chi connectivity index (χ0n) is 18.9. The predicted molar refractivity (Wildman–Crippen MR) is 116 cm³/mol. The van der Waals surface area contributed by atoms with Crippen molar-refractivity contribution in [2.75, 3.05) is 32.8 Å². The van der Waals surface area contributed by atoms with Crippen LogP contribution in [0, 0.1) is 13.8 Å². The van der Waals surface area contributed by atoms with Gasteiger partial charge in [0.15, 0.2) is 23.9 Å². The minimum atomic E-state index is -3.73. The van der Waals surface area contributed by atoms with Crippen LogP contribution in [0.25, 0.3) is 0 Å². The lowest BCUT2D eigenvalue weighted by Gasteiger charge is -2.22. The van der Waals surface area contributed by atoms with Crippen LogP contribution in [0.1, 0.15) is 37.3 Å². The van der Waals surface area contributed by atoms with Gasteiger partial charge in [-0.2, -0.15) is 4.31 Å². The third-order valence-electron chi connectivity index (χ3n) is 5.78. The smallest absolute Gasteiger partial charge is 0.260 e. The average molecular weight is 464 g/mol. The van der Waals surface area contributed by atoms with E-state index in [4.69, 9.17) is 14.0 Å². The largest absolute Gasteiger partial charge is 0.483 e. The molecular formula is C22H29N3O6S. The Labute approximate surface area is 188 Å². The SMILES string of the molecule is Cc1noc(C)c1S(=O)(=O)N1CCCN(C(=O)COc2cccc3c2OC(C)(C)C3)CC1. The van der Waals surface area contributed by atoms with Gasteiger partial charge in [-0.3, -0.25) is 4.79 Å². The summed E-state index contributed by atoms with van der Waals surface area (Å²) >= 11 is 0. The number of ether oxygens (including phenoxy) is 2. The maximum atomic E-state index is 13.1. The van der Waals surface area contributed by atoms with Gasteiger partial charge in [0.2, 0.25) is 10.0 Å². The molecule has 2 aliphatic rings. The van der Waals surface area contributed by atoms with Crippen molar-refractivity contribution >= 4 is 15.9 Å². The van der Waals surface area contributed by atoms with Gasteiger partial charge >= 0.3 is 0 Å². The van der Waals surface area contributed by atoms with Crippen molar-refractivity contribution in [2.45, 2.75) is 51.0 Å². The molecule has 1 saturated heterocycles. The molecule has 1 amide bonds. The molecule has 32 heavy (non-hydrogen) atoms. The second-order valence-electron chi connectivity index (χ2n) is 8.86. The number of fused-ring (bicyclic) bond motifs is 1. The number of aromatic nitrogens is 1. The molecule has 1 aromatic heterocycles. The molecule has 0 atom stereocenters. The molecule has 0 radical (unpaired) electrons. The maximum Gasteiger partial charge on any atom is 0.260 e. The highest BCUT2D eigenvalue weighted by atomic mass is 32.2. The first-order valence-electron chi connectivity index (χ1n) is 10.7. The predicted octanol–water partition coefficient (Wildman–Crippen LogP) is 2.31. The van der Waals surface area contributed by atoms with Gasteiger partial charge in [-0.15, -0.1) is 0 Å². The zero-order chi connectivity index (χ0) is 23.1. The molecule has 2 aliphatic heterocycles. The van der Waals surface area contributed by atoms with E-state index >= 15 is 0 Å². The lowest BCUT2D eigenvalue weighted by atomic mass is 10.0. The van der Waals surface area contributed by atoms with Crippen molar-refractivity contribution in [3.8, 4) is 11.5 Å². The maximum absolute atomic E-state index is 13.1. The summed E-state index contributed by atoms with van der Waals surface area (Å²) in [5.41, 5.74) is 1.11. The highest BCUT2D eigenvalue weighted by Crippen LogP contribution is 2.41. The molecule has 2 aromatic rings. The quantitative estimate of drug-likeness (QED) is 0.670. The van der Waals surface area contributed by atoms with Crippen molar-refractivity contribution in [1.82, 2.24) is 14.4 Å². The third kappa shape index (κ3) is 4.33. The van der Waals surface area contributed by atoms with Crippen molar-refractivity contribution < 1.29 is 27.2 Å². The highest BCUT2D eigenvalue weighted by Gasteiger charge is 2.34. The third-order valence-corrected chi connectivity index (χ3v) is 7.92. The van der Waals surface area contributed by atoms with Crippen LogP contribution in [0.3, 0.4) is 0 Å². The number of para-hydroxylation sites is 1. The van der Waals surface area contributed by atoms with Crippen molar-refractivity contribution in [3.05, 3.63) is 35.2 Å². The molecule has 1 aromatic carbocycles. The van der Waals surface area contributed by atoms with E-state index in [2.05, 4.69) is 5.16 Å². The topological polar surface area (TPSA) is 102 Å². The Balaban J connectivity index is 1.39. The standard InChI is InChI=1S/C22H29N3O6S/c1-15-21(16(2)31-23-15)32(27,28)25-10-6-9-24(11-12-25)19(26)14-29-18-8-5-7-17-13-22(3,4)30-20(17)18/h5,7-8H,6,9-14H2,1-4H3. The number of sulfonamides is 1. The fourth-order valence-corrected chi connectivity index (χ4v) is 6.05. The minimum absolute atomic E-state index is 0.112. The van der Waals surface area contributed by atoms with E-state index < -0.39 is 10.0 Å². The van der Waals surface area contributed by atoms with E-state index in [1.165, 1.54) is 4.31 Å². The first kappa shape index (κ1) is 22.6. The number of hydrogen-bond acceptors (Lipinski definition) is 7. The number of nitrogens with zero attached hydrogens (tertiary/aromatic N) is 3. The Morgan fingerprint density at radius 3 is 2.69 bits per heavy atom. The lowest BCUT2D eigenvalue weighted by Crippen LogP contribution is -2.39. The van der Waals surface area contributed by atoms with E-state index in [1.807, 2.05) is 26.0 Å². The molecule has 0 saturated carbocycles. The molecule has 174 valence electrons. The number of carbonyl (C=O) groups excluding carboxylic acids is 1. The summed E-state index contributed by atoms with van der Waals surface area (Å²) in [4.78, 5) is 14.6. The van der Waals surface area contributed by atoms with Crippen LogP contribution in [0.2, 0.25) is 0 Å². The molecule has 0 N–H and O–H groups in total. The first-order valence-corrected chi connectivity index (χ1v) is 12.2. The minimum Gasteiger partial charge on any atom is -0.483 e. The molecule has 0 aliphatic carbocycles. The van der Waals surface area contributed by atoms with Crippen molar-refractivity contribution in [1.29, 1.82) is 0 Å². The number of hydrogen-bond donors (Lipinski definition) is 0. The van der Waals surface area contributed by atoms with Gasteiger partial charge in [0.25, 0.3) is 5.91 Å². The van der Waals surface area contributed by atoms with Gasteiger partial charge in [-0.1, -0.05) is 17.3 Å². The summed E-state index contributed by atoms with van der Waals surface area (Å²) in [7, 11) is -3.73. The van der Waals surface area contributed by atoms with Crippen LogP contribution < -0.4 is 9.47 Å². The lowest BCUT2D eigenvalue weighted by molar-refractivity contribution is -0.133. The molecule has 9 nitrogen and oxygen atoms in total. The summed E-state index contributed by atoms with van der Waals surface area (Å²) in [6.45, 7) is 8.39. The Morgan fingerprint density at radius 1 is 1.19 bits per heavy atom. The summed E-state index contributed by atoms with van der Waals surface area (Å²) in [6, 6.07) is 5.70. The molecule has 0 spiro atoms. The van der Waals surface area contributed by atoms with Gasteiger partial charge < -0.3 is 18.9 Å². The van der Waals surface area contributed by atoms with Crippen LogP contribution in [-0.2, 0) is 21.2 Å². The molecule has 1 fully saturated rings. The van der Waals surface area contributed by atoms with Gasteiger partial charge in [-0.25, -0.2) is 8.42 Å². The van der Waals surface area contributed by atoms with Crippen molar-refractivity contribution in [3.63, 3.8) is 0 Å². The number of amides is 1. The van der Waals surface area contributed by atoms with E-state index in [0.29, 0.717) is 43.2 Å². The van der Waals surface area contributed by atoms with Crippen LogP contribution in [0.15, 0.2) is 27.6 Å². The van der Waals surface area contributed by atoms with Crippen LogP contribution in [0.5, 0.6) is 11.5 Å². The summed E-state index contributed by atoms with van der Waals surface area (Å²) < 4.78 is 44.4. The van der Waals surface area contributed by atoms with Crippen LogP contribution >= 0.6 is 0 Å². The van der Waals surface area contributed by atoms with Gasteiger partial charge in [-0.05, 0) is 40.2 Å². The number of carbonyl (C=O) groups is 1. The second-order valence-corrected chi connectivity index (χ2v) is 10.7. The Hall–Kier alpha value is -2.59. The van der Waals surface area contributed by atoms with Gasteiger partial charge in [0.05, 0.1) is 0 Å². The molecular weight excluding hydrogens is 434 g/mol. The number of benzene rings is 1. The molecule has 10 heteroatoms. The van der Waals surface area contributed by atoms with E-state index in [1.54, 1.807) is 24.8 Å². The average Bonchev–Trinajstić information content (AvgIpc) is 3.10. The Morgan fingerprint density at radius 2 is 1.97 bits per heavy atom. The van der Waals surface area contributed by atoms with Crippen LogP contribution in [0.4, 0.5) is 0 Å². The van der Waals surface area contributed by atoms with Crippen molar-refractivity contribution in [2.24, 2.45) is 0 Å². The molecule has 0 unspecified atom stereocenters. The fraction of sp³-hybridized carbons (Fsp3) is 0.545. The fourth-order valence-electron chi connectivity index (χ4n) is 4.29. The Bertz CT molecular complexity index is 1110. The van der Waals surface area contributed by atoms with Gasteiger partial charge in [0.1, 0.15) is 16.2 Å². The first-order chi connectivity index (χ1) is 15.1. The van der Waals surface area contributed by atoms with E-state index in [0.717, 1.165) is 12.0 Å². The van der Waals surface area contributed by atoms with E-state index in [-0.39, 0.29) is 35.3 Å². The number of aryl methyl sites for hydroxylation is 2. The summed E-state index contributed by atoms with van der Waals surface area (Å²) in [5, 5.41) is 3.76. The zero-order valence-corrected chi connectivity index (χ0v) is 19.7.